The number of rotatable bonds is 2. The van der Waals surface area contributed by atoms with Crippen molar-refractivity contribution in [3.05, 3.63) is 29.6 Å². The van der Waals surface area contributed by atoms with E-state index in [9.17, 15) is 4.39 Å². The molecular formula is C13H15FN2O. The second-order valence-corrected chi connectivity index (χ2v) is 4.16. The maximum absolute atomic E-state index is 13.4. The normalized spacial score (nSPS) is 20.4. The van der Waals surface area contributed by atoms with Crippen LogP contribution in [0.1, 0.15) is 24.8 Å². The molecule has 0 radical (unpaired) electrons. The molecule has 17 heavy (non-hydrogen) atoms. The van der Waals surface area contributed by atoms with E-state index >= 15 is 0 Å². The summed E-state index contributed by atoms with van der Waals surface area (Å²) in [6.45, 7) is 1.50. The maximum Gasteiger partial charge on any atom is 0.143 e. The van der Waals surface area contributed by atoms with E-state index < -0.39 is 5.82 Å². The molecule has 4 heteroatoms. The van der Waals surface area contributed by atoms with Crippen molar-refractivity contribution in [2.45, 2.75) is 25.3 Å². The van der Waals surface area contributed by atoms with Gasteiger partial charge in [0.15, 0.2) is 0 Å². The summed E-state index contributed by atoms with van der Waals surface area (Å²) in [5.41, 5.74) is 0.678. The van der Waals surface area contributed by atoms with Gasteiger partial charge in [-0.15, -0.1) is 0 Å². The van der Waals surface area contributed by atoms with Crippen molar-refractivity contribution in [3.8, 4) is 6.07 Å². The van der Waals surface area contributed by atoms with Gasteiger partial charge in [-0.25, -0.2) is 4.39 Å². The highest BCUT2D eigenvalue weighted by atomic mass is 19.1. The third-order valence-electron chi connectivity index (χ3n) is 2.94. The van der Waals surface area contributed by atoms with E-state index in [0.717, 1.165) is 32.5 Å². The summed E-state index contributed by atoms with van der Waals surface area (Å²) in [6.07, 6.45) is 2.87. The number of halogens is 1. The lowest BCUT2D eigenvalue weighted by atomic mass is 10.1. The van der Waals surface area contributed by atoms with Crippen molar-refractivity contribution < 1.29 is 9.13 Å². The number of nitriles is 1. The molecule has 1 atom stereocenters. The third kappa shape index (κ3) is 2.95. The van der Waals surface area contributed by atoms with Gasteiger partial charge < -0.3 is 10.1 Å². The highest BCUT2D eigenvalue weighted by Gasteiger charge is 2.15. The topological polar surface area (TPSA) is 45.0 Å². The zero-order valence-corrected chi connectivity index (χ0v) is 9.58. The summed E-state index contributed by atoms with van der Waals surface area (Å²) in [6, 6.07) is 6.82. The zero-order valence-electron chi connectivity index (χ0n) is 9.58. The summed E-state index contributed by atoms with van der Waals surface area (Å²) in [4.78, 5) is 0. The minimum absolute atomic E-state index is 0.0951. The van der Waals surface area contributed by atoms with Crippen LogP contribution in [0.3, 0.4) is 0 Å². The molecule has 1 aliphatic heterocycles. The SMILES string of the molecule is N#Cc1c(F)cccc1N[C@@H]1CCCOCC1. The molecule has 0 spiro atoms. The first-order valence-electron chi connectivity index (χ1n) is 5.84. The molecule has 1 aromatic rings. The van der Waals surface area contributed by atoms with E-state index in [4.69, 9.17) is 10.00 Å². The lowest BCUT2D eigenvalue weighted by Gasteiger charge is -2.18. The van der Waals surface area contributed by atoms with Gasteiger partial charge in [0, 0.05) is 19.3 Å². The number of hydrogen-bond donors (Lipinski definition) is 1. The molecule has 3 nitrogen and oxygen atoms in total. The van der Waals surface area contributed by atoms with Crippen LogP contribution in [0.4, 0.5) is 10.1 Å². The highest BCUT2D eigenvalue weighted by molar-refractivity contribution is 5.58. The van der Waals surface area contributed by atoms with Gasteiger partial charge in [-0.05, 0) is 31.4 Å². The van der Waals surface area contributed by atoms with Crippen LogP contribution >= 0.6 is 0 Å². The van der Waals surface area contributed by atoms with Crippen LogP contribution in [-0.4, -0.2) is 19.3 Å². The molecule has 1 aliphatic rings. The molecule has 1 N–H and O–H groups in total. The molecule has 2 rings (SSSR count). The maximum atomic E-state index is 13.4. The van der Waals surface area contributed by atoms with Gasteiger partial charge in [-0.3, -0.25) is 0 Å². The first-order chi connectivity index (χ1) is 8.31. The Hall–Kier alpha value is -1.60. The van der Waals surface area contributed by atoms with Crippen LogP contribution in [0.5, 0.6) is 0 Å². The quantitative estimate of drug-likeness (QED) is 0.855. The number of benzene rings is 1. The fourth-order valence-corrected chi connectivity index (χ4v) is 2.03. The van der Waals surface area contributed by atoms with Crippen LogP contribution in [0.2, 0.25) is 0 Å². The first-order valence-corrected chi connectivity index (χ1v) is 5.84. The Morgan fingerprint density at radius 1 is 1.35 bits per heavy atom. The molecule has 1 aromatic carbocycles. The van der Waals surface area contributed by atoms with E-state index in [1.54, 1.807) is 12.1 Å². The van der Waals surface area contributed by atoms with Gasteiger partial charge in [-0.1, -0.05) is 6.07 Å². The Kier molecular flexibility index (Phi) is 3.94. The van der Waals surface area contributed by atoms with Crippen LogP contribution in [-0.2, 0) is 4.74 Å². The third-order valence-corrected chi connectivity index (χ3v) is 2.94. The van der Waals surface area contributed by atoms with Crippen molar-refractivity contribution in [2.24, 2.45) is 0 Å². The van der Waals surface area contributed by atoms with Crippen molar-refractivity contribution in [2.75, 3.05) is 18.5 Å². The van der Waals surface area contributed by atoms with Gasteiger partial charge in [-0.2, -0.15) is 5.26 Å². The smallest absolute Gasteiger partial charge is 0.143 e. The molecule has 1 heterocycles. The summed E-state index contributed by atoms with van der Waals surface area (Å²) >= 11 is 0. The van der Waals surface area contributed by atoms with Crippen molar-refractivity contribution >= 4 is 5.69 Å². The minimum atomic E-state index is -0.470. The van der Waals surface area contributed by atoms with Gasteiger partial charge >= 0.3 is 0 Å². The predicted molar refractivity (Wildman–Crippen MR) is 63.2 cm³/mol. The van der Waals surface area contributed by atoms with Gasteiger partial charge in [0.25, 0.3) is 0 Å². The lowest BCUT2D eigenvalue weighted by Crippen LogP contribution is -2.20. The molecule has 1 fully saturated rings. The van der Waals surface area contributed by atoms with Crippen LogP contribution in [0, 0.1) is 17.1 Å². The minimum Gasteiger partial charge on any atom is -0.381 e. The van der Waals surface area contributed by atoms with E-state index in [1.165, 1.54) is 6.07 Å². The number of nitrogens with zero attached hydrogens (tertiary/aromatic N) is 1. The van der Waals surface area contributed by atoms with Crippen LogP contribution in [0.25, 0.3) is 0 Å². The molecule has 0 aromatic heterocycles. The van der Waals surface area contributed by atoms with Crippen LogP contribution in [0.15, 0.2) is 18.2 Å². The van der Waals surface area contributed by atoms with Crippen LogP contribution < -0.4 is 5.32 Å². The lowest BCUT2D eigenvalue weighted by molar-refractivity contribution is 0.144. The summed E-state index contributed by atoms with van der Waals surface area (Å²) < 4.78 is 18.8. The van der Waals surface area contributed by atoms with Crippen molar-refractivity contribution in [3.63, 3.8) is 0 Å². The Labute approximate surface area is 100 Å². The summed E-state index contributed by atoms with van der Waals surface area (Å²) in [5, 5.41) is 12.2. The number of nitrogens with one attached hydrogen (secondary N) is 1. The number of hydrogen-bond acceptors (Lipinski definition) is 3. The molecule has 0 bridgehead atoms. The van der Waals surface area contributed by atoms with E-state index in [2.05, 4.69) is 5.32 Å². The fourth-order valence-electron chi connectivity index (χ4n) is 2.03. The Balaban J connectivity index is 2.12. The van der Waals surface area contributed by atoms with Crippen molar-refractivity contribution in [1.29, 1.82) is 5.26 Å². The number of anilines is 1. The average molecular weight is 234 g/mol. The second-order valence-electron chi connectivity index (χ2n) is 4.16. The predicted octanol–water partition coefficient (Wildman–Crippen LogP) is 2.68. The second kappa shape index (κ2) is 5.65. The molecule has 0 amide bonds. The summed E-state index contributed by atoms with van der Waals surface area (Å²) in [7, 11) is 0. The van der Waals surface area contributed by atoms with E-state index in [0.29, 0.717) is 5.69 Å². The molecule has 0 unspecified atom stereocenters. The van der Waals surface area contributed by atoms with Crippen molar-refractivity contribution in [1.82, 2.24) is 0 Å². The average Bonchev–Trinajstić information content (AvgIpc) is 2.58. The largest absolute Gasteiger partial charge is 0.381 e. The van der Waals surface area contributed by atoms with E-state index in [1.807, 2.05) is 6.07 Å². The summed E-state index contributed by atoms with van der Waals surface area (Å²) in [5.74, 6) is -0.470. The zero-order chi connectivity index (χ0) is 12.1. The molecule has 90 valence electrons. The molecular weight excluding hydrogens is 219 g/mol. The Morgan fingerprint density at radius 2 is 2.24 bits per heavy atom. The van der Waals surface area contributed by atoms with E-state index in [-0.39, 0.29) is 11.6 Å². The highest BCUT2D eigenvalue weighted by Crippen LogP contribution is 2.21. The standard InChI is InChI=1S/C13H15FN2O/c14-12-4-1-5-13(11(12)9-15)16-10-3-2-7-17-8-6-10/h1,4-5,10,16H,2-3,6-8H2/t10-/m1/s1. The van der Waals surface area contributed by atoms with Gasteiger partial charge in [0.1, 0.15) is 17.4 Å². The Morgan fingerprint density at radius 3 is 3.06 bits per heavy atom. The van der Waals surface area contributed by atoms with Gasteiger partial charge in [0.2, 0.25) is 0 Å². The van der Waals surface area contributed by atoms with Gasteiger partial charge in [0.05, 0.1) is 5.69 Å². The molecule has 0 saturated carbocycles. The molecule has 1 saturated heterocycles. The monoisotopic (exact) mass is 234 g/mol. The molecule has 0 aliphatic carbocycles. The fraction of sp³-hybridized carbons (Fsp3) is 0.462. The Bertz CT molecular complexity index is 420. The number of ether oxygens (including phenoxy) is 1. The first kappa shape index (κ1) is 11.9.